The lowest BCUT2D eigenvalue weighted by molar-refractivity contribution is 0.100. The van der Waals surface area contributed by atoms with Crippen molar-refractivity contribution >= 4 is 17.5 Å². The Morgan fingerprint density at radius 3 is 2.12 bits per heavy atom. The summed E-state index contributed by atoms with van der Waals surface area (Å²) < 4.78 is 0. The Kier molecular flexibility index (Phi) is 3.98. The molecule has 0 unspecified atom stereocenters. The van der Waals surface area contributed by atoms with Crippen molar-refractivity contribution in [3.63, 3.8) is 0 Å². The van der Waals surface area contributed by atoms with E-state index in [4.69, 9.17) is 17.3 Å². The van der Waals surface area contributed by atoms with E-state index in [9.17, 15) is 4.79 Å². The molecule has 2 nitrogen and oxygen atoms in total. The Bertz CT molecular complexity index is 411. The second-order valence-electron chi connectivity index (χ2n) is 4.60. The van der Waals surface area contributed by atoms with Gasteiger partial charge in [0.15, 0.2) is 0 Å². The van der Waals surface area contributed by atoms with Gasteiger partial charge in [0.1, 0.15) is 0 Å². The van der Waals surface area contributed by atoms with E-state index in [1.807, 2.05) is 6.07 Å². The standard InChI is InChI=1S/C13H18ClNO/c1-7(2)9-5-6-10(13(15)16)12(14)11(9)8(3)4/h5-8H,1-4H3,(H2,15,16). The van der Waals surface area contributed by atoms with Crippen molar-refractivity contribution in [2.75, 3.05) is 0 Å². The summed E-state index contributed by atoms with van der Waals surface area (Å²) in [5.74, 6) is 0.197. The number of benzene rings is 1. The van der Waals surface area contributed by atoms with E-state index in [1.165, 1.54) is 5.56 Å². The summed E-state index contributed by atoms with van der Waals surface area (Å²) in [4.78, 5) is 11.2. The van der Waals surface area contributed by atoms with Crippen molar-refractivity contribution in [3.8, 4) is 0 Å². The van der Waals surface area contributed by atoms with Crippen LogP contribution in [0.25, 0.3) is 0 Å². The molecule has 0 fully saturated rings. The number of hydrogen-bond acceptors (Lipinski definition) is 1. The van der Waals surface area contributed by atoms with Gasteiger partial charge in [-0.05, 0) is 29.0 Å². The summed E-state index contributed by atoms with van der Waals surface area (Å²) in [5.41, 5.74) is 7.92. The number of amides is 1. The summed E-state index contributed by atoms with van der Waals surface area (Å²) in [7, 11) is 0. The molecule has 0 spiro atoms. The molecular formula is C13H18ClNO. The average Bonchev–Trinajstić information content (AvgIpc) is 2.15. The maximum atomic E-state index is 11.2. The van der Waals surface area contributed by atoms with Gasteiger partial charge in [0.25, 0.3) is 0 Å². The average molecular weight is 240 g/mol. The smallest absolute Gasteiger partial charge is 0.250 e. The van der Waals surface area contributed by atoms with E-state index in [2.05, 4.69) is 27.7 Å². The van der Waals surface area contributed by atoms with Crippen LogP contribution in [0.5, 0.6) is 0 Å². The molecule has 0 bridgehead atoms. The monoisotopic (exact) mass is 239 g/mol. The highest BCUT2D eigenvalue weighted by molar-refractivity contribution is 6.34. The maximum Gasteiger partial charge on any atom is 0.250 e. The van der Waals surface area contributed by atoms with Crippen LogP contribution in [0, 0.1) is 0 Å². The van der Waals surface area contributed by atoms with Crippen LogP contribution in [-0.4, -0.2) is 5.91 Å². The number of primary amides is 1. The van der Waals surface area contributed by atoms with Gasteiger partial charge in [-0.1, -0.05) is 45.4 Å². The molecule has 0 saturated carbocycles. The molecule has 1 amide bonds. The molecule has 0 aliphatic rings. The molecule has 0 atom stereocenters. The van der Waals surface area contributed by atoms with Crippen LogP contribution in [0.1, 0.15) is 61.0 Å². The first-order valence-electron chi connectivity index (χ1n) is 5.48. The summed E-state index contributed by atoms with van der Waals surface area (Å²) >= 11 is 6.25. The largest absolute Gasteiger partial charge is 0.366 e. The molecule has 88 valence electrons. The number of hydrogen-bond donors (Lipinski definition) is 1. The molecule has 0 heterocycles. The van der Waals surface area contributed by atoms with Crippen LogP contribution < -0.4 is 5.73 Å². The van der Waals surface area contributed by atoms with E-state index < -0.39 is 5.91 Å². The third-order valence-corrected chi connectivity index (χ3v) is 3.09. The highest BCUT2D eigenvalue weighted by Crippen LogP contribution is 2.34. The number of halogens is 1. The van der Waals surface area contributed by atoms with Crippen molar-refractivity contribution < 1.29 is 4.79 Å². The summed E-state index contributed by atoms with van der Waals surface area (Å²) in [5, 5.41) is 0.508. The minimum atomic E-state index is -0.470. The first kappa shape index (κ1) is 13.0. The van der Waals surface area contributed by atoms with Gasteiger partial charge in [0, 0.05) is 0 Å². The van der Waals surface area contributed by atoms with E-state index in [-0.39, 0.29) is 5.92 Å². The van der Waals surface area contributed by atoms with Crippen LogP contribution in [0.15, 0.2) is 12.1 Å². The van der Waals surface area contributed by atoms with Crippen molar-refractivity contribution in [1.29, 1.82) is 0 Å². The Balaban J connectivity index is 3.48. The van der Waals surface area contributed by atoms with Crippen LogP contribution in [0.2, 0.25) is 5.02 Å². The van der Waals surface area contributed by atoms with Gasteiger partial charge in [0.2, 0.25) is 5.91 Å². The van der Waals surface area contributed by atoms with Crippen LogP contribution in [-0.2, 0) is 0 Å². The second-order valence-corrected chi connectivity index (χ2v) is 4.98. The van der Waals surface area contributed by atoms with Gasteiger partial charge in [0.05, 0.1) is 10.6 Å². The molecule has 1 aromatic carbocycles. The summed E-state index contributed by atoms with van der Waals surface area (Å²) in [6.07, 6.45) is 0. The third kappa shape index (κ3) is 2.38. The molecule has 3 heteroatoms. The highest BCUT2D eigenvalue weighted by atomic mass is 35.5. The van der Waals surface area contributed by atoms with Crippen molar-refractivity contribution in [3.05, 3.63) is 33.8 Å². The molecule has 2 N–H and O–H groups in total. The molecule has 16 heavy (non-hydrogen) atoms. The number of carbonyl (C=O) groups excluding carboxylic acids is 1. The zero-order chi connectivity index (χ0) is 12.5. The second kappa shape index (κ2) is 4.88. The molecule has 1 rings (SSSR count). The number of nitrogens with two attached hydrogens (primary N) is 1. The number of carbonyl (C=O) groups is 1. The fourth-order valence-electron chi connectivity index (χ4n) is 1.89. The molecule has 0 radical (unpaired) electrons. The lowest BCUT2D eigenvalue weighted by Gasteiger charge is -2.19. The van der Waals surface area contributed by atoms with E-state index >= 15 is 0 Å². The van der Waals surface area contributed by atoms with Gasteiger partial charge in [-0.25, -0.2) is 0 Å². The maximum absolute atomic E-state index is 11.2. The van der Waals surface area contributed by atoms with E-state index in [1.54, 1.807) is 6.07 Å². The van der Waals surface area contributed by atoms with Gasteiger partial charge in [-0.3, -0.25) is 4.79 Å². The lowest BCUT2D eigenvalue weighted by atomic mass is 9.89. The van der Waals surface area contributed by atoms with Crippen molar-refractivity contribution in [2.45, 2.75) is 39.5 Å². The Morgan fingerprint density at radius 2 is 1.75 bits per heavy atom. The highest BCUT2D eigenvalue weighted by Gasteiger charge is 2.18. The molecule has 0 aromatic heterocycles. The predicted molar refractivity (Wildman–Crippen MR) is 68.1 cm³/mol. The Hall–Kier alpha value is -1.02. The fraction of sp³-hybridized carbons (Fsp3) is 0.462. The van der Waals surface area contributed by atoms with Crippen molar-refractivity contribution in [2.24, 2.45) is 5.73 Å². The van der Waals surface area contributed by atoms with Crippen LogP contribution >= 0.6 is 11.6 Å². The summed E-state index contributed by atoms with van der Waals surface area (Å²) in [6.45, 7) is 8.36. The van der Waals surface area contributed by atoms with Crippen LogP contribution in [0.4, 0.5) is 0 Å². The molecule has 0 saturated heterocycles. The van der Waals surface area contributed by atoms with E-state index in [0.29, 0.717) is 16.5 Å². The number of rotatable bonds is 3. The van der Waals surface area contributed by atoms with Gasteiger partial charge in [-0.2, -0.15) is 0 Å². The van der Waals surface area contributed by atoms with Gasteiger partial charge >= 0.3 is 0 Å². The Morgan fingerprint density at radius 1 is 1.19 bits per heavy atom. The SMILES string of the molecule is CC(C)c1ccc(C(N)=O)c(Cl)c1C(C)C. The quantitative estimate of drug-likeness (QED) is 0.859. The normalized spacial score (nSPS) is 11.2. The fourth-order valence-corrected chi connectivity index (χ4v) is 2.37. The minimum Gasteiger partial charge on any atom is -0.366 e. The summed E-state index contributed by atoms with van der Waals surface area (Å²) in [6, 6.07) is 3.66. The lowest BCUT2D eigenvalue weighted by Crippen LogP contribution is -2.14. The topological polar surface area (TPSA) is 43.1 Å². The molecule has 0 aliphatic carbocycles. The molecule has 1 aromatic rings. The zero-order valence-corrected chi connectivity index (χ0v) is 10.9. The zero-order valence-electron chi connectivity index (χ0n) is 10.2. The predicted octanol–water partition coefficient (Wildman–Crippen LogP) is 3.69. The van der Waals surface area contributed by atoms with E-state index in [0.717, 1.165) is 5.56 Å². The molecular weight excluding hydrogens is 222 g/mol. The third-order valence-electron chi connectivity index (χ3n) is 2.68. The Labute approximate surface area is 102 Å². The first-order chi connectivity index (χ1) is 7.36. The van der Waals surface area contributed by atoms with Gasteiger partial charge < -0.3 is 5.73 Å². The minimum absolute atomic E-state index is 0.282. The van der Waals surface area contributed by atoms with Gasteiger partial charge in [-0.15, -0.1) is 0 Å². The van der Waals surface area contributed by atoms with Crippen LogP contribution in [0.3, 0.4) is 0 Å². The molecule has 0 aliphatic heterocycles. The first-order valence-corrected chi connectivity index (χ1v) is 5.86. The van der Waals surface area contributed by atoms with Crippen molar-refractivity contribution in [1.82, 2.24) is 0 Å².